The Morgan fingerprint density at radius 2 is 1.31 bits per heavy atom. The summed E-state index contributed by atoms with van der Waals surface area (Å²) >= 11 is 0. The van der Waals surface area contributed by atoms with E-state index in [2.05, 4.69) is 37.4 Å². The van der Waals surface area contributed by atoms with Crippen LogP contribution in [0.15, 0.2) is 23.6 Å². The lowest BCUT2D eigenvalue weighted by atomic mass is 10.3. The zero-order valence-electron chi connectivity index (χ0n) is 11.2. The molecular formula is C15H28Si. The molecule has 0 amide bonds. The second-order valence-corrected chi connectivity index (χ2v) is 9.31. The summed E-state index contributed by atoms with van der Waals surface area (Å²) in [5.74, 6) is 0. The van der Waals surface area contributed by atoms with Crippen molar-refractivity contribution in [3.63, 3.8) is 0 Å². The molecule has 1 heteroatoms. The van der Waals surface area contributed by atoms with E-state index in [4.69, 9.17) is 0 Å². The van der Waals surface area contributed by atoms with Gasteiger partial charge in [0.25, 0.3) is 0 Å². The van der Waals surface area contributed by atoms with Crippen LogP contribution in [0, 0.1) is 0 Å². The Labute approximate surface area is 103 Å². The van der Waals surface area contributed by atoms with Gasteiger partial charge >= 0.3 is 0 Å². The smallest absolute Gasteiger partial charge is 0.0944 e. The first kappa shape index (κ1) is 13.8. The van der Waals surface area contributed by atoms with Crippen molar-refractivity contribution in [1.82, 2.24) is 0 Å². The molecule has 92 valence electrons. The lowest BCUT2D eigenvalue weighted by molar-refractivity contribution is 0.719. The highest BCUT2D eigenvalue weighted by atomic mass is 28.3. The molecule has 1 aliphatic heterocycles. The molecule has 0 nitrogen and oxygen atoms in total. The molecule has 0 unspecified atom stereocenters. The van der Waals surface area contributed by atoms with E-state index < -0.39 is 8.07 Å². The van der Waals surface area contributed by atoms with Crippen LogP contribution in [0.1, 0.15) is 58.8 Å². The van der Waals surface area contributed by atoms with Gasteiger partial charge in [-0.05, 0) is 12.8 Å². The fourth-order valence-corrected chi connectivity index (χ4v) is 6.68. The Kier molecular flexibility index (Phi) is 6.78. The van der Waals surface area contributed by atoms with Gasteiger partial charge in [0.15, 0.2) is 0 Å². The molecule has 1 fully saturated rings. The molecule has 1 saturated heterocycles. The number of allylic oxidation sites excluding steroid dienone is 2. The van der Waals surface area contributed by atoms with Gasteiger partial charge in [0.05, 0.1) is 0 Å². The SMILES string of the molecule is CCCC=C[Si]1(C=CCCC)CCCCC1. The first-order valence-electron chi connectivity index (χ1n) is 7.18. The molecule has 16 heavy (non-hydrogen) atoms. The normalized spacial score (nSPS) is 20.9. The lowest BCUT2D eigenvalue weighted by Gasteiger charge is -2.29. The van der Waals surface area contributed by atoms with Gasteiger partial charge in [-0.1, -0.05) is 81.6 Å². The monoisotopic (exact) mass is 236 g/mol. The zero-order chi connectivity index (χ0) is 11.7. The molecule has 1 aliphatic rings. The molecule has 1 rings (SSSR count). The molecule has 1 heterocycles. The fourth-order valence-electron chi connectivity index (χ4n) is 2.57. The maximum atomic E-state index is 2.64. The summed E-state index contributed by atoms with van der Waals surface area (Å²) in [7, 11) is -1.12. The van der Waals surface area contributed by atoms with E-state index in [-0.39, 0.29) is 0 Å². The maximum absolute atomic E-state index is 2.64. The van der Waals surface area contributed by atoms with Gasteiger partial charge in [0.2, 0.25) is 0 Å². The largest absolute Gasteiger partial charge is 0.101 e. The van der Waals surface area contributed by atoms with Gasteiger partial charge in [-0.25, -0.2) is 0 Å². The van der Waals surface area contributed by atoms with E-state index >= 15 is 0 Å². The minimum atomic E-state index is -1.12. The Morgan fingerprint density at radius 3 is 1.75 bits per heavy atom. The van der Waals surface area contributed by atoms with Gasteiger partial charge < -0.3 is 0 Å². The Hall–Kier alpha value is -0.303. The third-order valence-electron chi connectivity index (χ3n) is 3.59. The van der Waals surface area contributed by atoms with Crippen LogP contribution in [-0.4, -0.2) is 8.07 Å². The highest BCUT2D eigenvalue weighted by Crippen LogP contribution is 2.31. The molecule has 0 N–H and O–H groups in total. The van der Waals surface area contributed by atoms with Crippen LogP contribution in [-0.2, 0) is 0 Å². The summed E-state index contributed by atoms with van der Waals surface area (Å²) in [6.07, 6.45) is 14.5. The van der Waals surface area contributed by atoms with Crippen LogP contribution < -0.4 is 0 Å². The van der Waals surface area contributed by atoms with Gasteiger partial charge in [0, 0.05) is 0 Å². The highest BCUT2D eigenvalue weighted by molar-refractivity contribution is 6.89. The van der Waals surface area contributed by atoms with Crippen molar-refractivity contribution in [3.8, 4) is 0 Å². The molecule has 0 atom stereocenters. The minimum absolute atomic E-state index is 1.12. The van der Waals surface area contributed by atoms with Gasteiger partial charge in [0.1, 0.15) is 8.07 Å². The van der Waals surface area contributed by atoms with Gasteiger partial charge in [-0.2, -0.15) is 0 Å². The molecule has 0 aliphatic carbocycles. The van der Waals surface area contributed by atoms with Crippen molar-refractivity contribution in [1.29, 1.82) is 0 Å². The van der Waals surface area contributed by atoms with Crippen molar-refractivity contribution in [2.75, 3.05) is 0 Å². The third kappa shape index (κ3) is 4.69. The van der Waals surface area contributed by atoms with E-state index in [1.807, 2.05) is 0 Å². The quantitative estimate of drug-likeness (QED) is 0.541. The summed E-state index contributed by atoms with van der Waals surface area (Å²) in [4.78, 5) is 0. The second kappa shape index (κ2) is 7.89. The standard InChI is InChI=1S/C15H28Si/c1-3-5-8-12-16(13-9-6-4-2)14-10-7-11-15-16/h8-9,12-13H,3-7,10-11,14-15H2,1-2H3. The molecule has 0 aromatic rings. The number of hydrogen-bond donors (Lipinski definition) is 0. The average Bonchev–Trinajstić information content (AvgIpc) is 2.31. The van der Waals surface area contributed by atoms with E-state index in [9.17, 15) is 0 Å². The van der Waals surface area contributed by atoms with Crippen molar-refractivity contribution in [2.24, 2.45) is 0 Å². The van der Waals surface area contributed by atoms with Crippen molar-refractivity contribution in [3.05, 3.63) is 23.6 Å². The van der Waals surface area contributed by atoms with Crippen LogP contribution in [0.2, 0.25) is 12.1 Å². The average molecular weight is 236 g/mol. The summed E-state index contributed by atoms with van der Waals surface area (Å²) in [5.41, 5.74) is 5.28. The van der Waals surface area contributed by atoms with Crippen LogP contribution in [0.5, 0.6) is 0 Å². The number of unbranched alkanes of at least 4 members (excludes halogenated alkanes) is 2. The summed E-state index contributed by atoms with van der Waals surface area (Å²) in [5, 5.41) is 0. The first-order chi connectivity index (χ1) is 7.83. The van der Waals surface area contributed by atoms with Gasteiger partial charge in [-0.3, -0.25) is 0 Å². The predicted octanol–water partition coefficient (Wildman–Crippen LogP) is 5.41. The van der Waals surface area contributed by atoms with E-state index in [0.717, 1.165) is 0 Å². The third-order valence-corrected chi connectivity index (χ3v) is 7.96. The topological polar surface area (TPSA) is 0 Å². The highest BCUT2D eigenvalue weighted by Gasteiger charge is 2.28. The van der Waals surface area contributed by atoms with E-state index in [1.54, 1.807) is 0 Å². The summed E-state index contributed by atoms with van der Waals surface area (Å²) < 4.78 is 0. The Morgan fingerprint density at radius 1 is 0.812 bits per heavy atom. The number of hydrogen-bond acceptors (Lipinski definition) is 0. The molecular weight excluding hydrogens is 208 g/mol. The molecule has 0 radical (unpaired) electrons. The molecule has 0 aromatic carbocycles. The van der Waals surface area contributed by atoms with Crippen molar-refractivity contribution >= 4 is 8.07 Å². The molecule has 0 aromatic heterocycles. The number of rotatable bonds is 6. The van der Waals surface area contributed by atoms with Crippen LogP contribution in [0.3, 0.4) is 0 Å². The maximum Gasteiger partial charge on any atom is 0.101 e. The first-order valence-corrected chi connectivity index (χ1v) is 9.75. The summed E-state index contributed by atoms with van der Waals surface area (Å²) in [6, 6.07) is 3.01. The molecule has 0 bridgehead atoms. The van der Waals surface area contributed by atoms with Crippen LogP contribution in [0.25, 0.3) is 0 Å². The predicted molar refractivity (Wildman–Crippen MR) is 77.3 cm³/mol. The zero-order valence-corrected chi connectivity index (χ0v) is 12.2. The van der Waals surface area contributed by atoms with Crippen LogP contribution in [0.4, 0.5) is 0 Å². The summed E-state index contributed by atoms with van der Waals surface area (Å²) in [6.45, 7) is 4.54. The fraction of sp³-hybridized carbons (Fsp3) is 0.733. The lowest BCUT2D eigenvalue weighted by Crippen LogP contribution is -2.32. The molecule has 0 spiro atoms. The minimum Gasteiger partial charge on any atom is -0.0944 e. The Bertz CT molecular complexity index is 204. The van der Waals surface area contributed by atoms with Crippen molar-refractivity contribution < 1.29 is 0 Å². The Balaban J connectivity index is 2.59. The van der Waals surface area contributed by atoms with E-state index in [1.165, 1.54) is 57.0 Å². The molecule has 0 saturated carbocycles. The van der Waals surface area contributed by atoms with Crippen LogP contribution >= 0.6 is 0 Å². The van der Waals surface area contributed by atoms with Crippen molar-refractivity contribution in [2.45, 2.75) is 70.9 Å². The van der Waals surface area contributed by atoms with Gasteiger partial charge in [-0.15, -0.1) is 0 Å². The second-order valence-electron chi connectivity index (χ2n) is 5.18. The van der Waals surface area contributed by atoms with E-state index in [0.29, 0.717) is 0 Å².